The minimum atomic E-state index is -0.337. The summed E-state index contributed by atoms with van der Waals surface area (Å²) in [6.45, 7) is 10.4. The Balaban J connectivity index is 2.55. The van der Waals surface area contributed by atoms with Crippen molar-refractivity contribution in [3.05, 3.63) is 28.8 Å². The molecular weight excluding hydrogens is 252 g/mol. The largest absolute Gasteiger partial charge is 0.393 e. The van der Waals surface area contributed by atoms with Crippen LogP contribution in [0.25, 0.3) is 0 Å². The van der Waals surface area contributed by atoms with Crippen molar-refractivity contribution in [1.82, 2.24) is 5.32 Å². The lowest BCUT2D eigenvalue weighted by atomic mass is 10.0. The second-order valence-electron chi connectivity index (χ2n) is 5.80. The van der Waals surface area contributed by atoms with Crippen LogP contribution in [0.15, 0.2) is 12.1 Å². The van der Waals surface area contributed by atoms with E-state index in [9.17, 15) is 9.90 Å². The van der Waals surface area contributed by atoms with Gasteiger partial charge in [-0.3, -0.25) is 0 Å². The molecule has 0 fully saturated rings. The molecule has 4 nitrogen and oxygen atoms in total. The van der Waals surface area contributed by atoms with Gasteiger partial charge < -0.3 is 15.7 Å². The molecule has 112 valence electrons. The van der Waals surface area contributed by atoms with Crippen LogP contribution in [0.5, 0.6) is 0 Å². The predicted octanol–water partition coefficient (Wildman–Crippen LogP) is 3.14. The first-order chi connectivity index (χ1) is 9.29. The summed E-state index contributed by atoms with van der Waals surface area (Å²) in [7, 11) is 0. The molecule has 0 aliphatic carbocycles. The van der Waals surface area contributed by atoms with Crippen LogP contribution in [-0.4, -0.2) is 23.8 Å². The van der Waals surface area contributed by atoms with Crippen LogP contribution in [0, 0.1) is 26.7 Å². The summed E-state index contributed by atoms with van der Waals surface area (Å²) in [6.07, 6.45) is 0.347. The van der Waals surface area contributed by atoms with Crippen LogP contribution in [0.1, 0.15) is 37.0 Å². The van der Waals surface area contributed by atoms with Crippen LogP contribution >= 0.6 is 0 Å². The fourth-order valence-electron chi connectivity index (χ4n) is 2.47. The highest BCUT2D eigenvalue weighted by Gasteiger charge is 2.10. The topological polar surface area (TPSA) is 61.4 Å². The number of carbonyl (C=O) groups is 1. The molecule has 0 aliphatic rings. The van der Waals surface area contributed by atoms with E-state index in [0.717, 1.165) is 16.8 Å². The second kappa shape index (κ2) is 7.29. The maximum atomic E-state index is 11.9. The number of carbonyl (C=O) groups excluding carboxylic acids is 1. The van der Waals surface area contributed by atoms with Gasteiger partial charge in [0.1, 0.15) is 0 Å². The van der Waals surface area contributed by atoms with E-state index in [4.69, 9.17) is 0 Å². The van der Waals surface area contributed by atoms with Crippen molar-refractivity contribution in [3.8, 4) is 0 Å². The van der Waals surface area contributed by atoms with E-state index in [1.807, 2.05) is 27.7 Å². The number of anilines is 1. The first-order valence-corrected chi connectivity index (χ1v) is 7.10. The van der Waals surface area contributed by atoms with Gasteiger partial charge in [0.15, 0.2) is 0 Å². The number of urea groups is 1. The molecular formula is C16H26N2O2. The smallest absolute Gasteiger partial charge is 0.319 e. The average molecular weight is 278 g/mol. The van der Waals surface area contributed by atoms with E-state index < -0.39 is 0 Å². The molecule has 1 aromatic carbocycles. The predicted molar refractivity (Wildman–Crippen MR) is 83.1 cm³/mol. The maximum Gasteiger partial charge on any atom is 0.319 e. The number of benzene rings is 1. The van der Waals surface area contributed by atoms with Crippen LogP contribution in [0.3, 0.4) is 0 Å². The molecule has 0 bridgehead atoms. The van der Waals surface area contributed by atoms with E-state index in [1.165, 1.54) is 5.56 Å². The molecule has 20 heavy (non-hydrogen) atoms. The first kappa shape index (κ1) is 16.5. The highest BCUT2D eigenvalue weighted by Crippen LogP contribution is 2.21. The standard InChI is InChI=1S/C16H26N2O2/c1-10-6-12(3)15(13(4)7-10)18-16(20)17-9-11(2)8-14(5)19/h6-7,11,14,19H,8-9H2,1-5H3,(H2,17,18,20). The van der Waals surface area contributed by atoms with Crippen molar-refractivity contribution in [2.24, 2.45) is 5.92 Å². The third-order valence-corrected chi connectivity index (χ3v) is 3.27. The summed E-state index contributed by atoms with van der Waals surface area (Å²) >= 11 is 0. The average Bonchev–Trinajstić information content (AvgIpc) is 2.30. The Morgan fingerprint density at radius 2 is 1.75 bits per heavy atom. The highest BCUT2D eigenvalue weighted by molar-refractivity contribution is 5.91. The lowest BCUT2D eigenvalue weighted by molar-refractivity contribution is 0.163. The number of rotatable bonds is 5. The Hall–Kier alpha value is -1.55. The van der Waals surface area contributed by atoms with Gasteiger partial charge in [-0.15, -0.1) is 0 Å². The van der Waals surface area contributed by atoms with E-state index in [1.54, 1.807) is 6.92 Å². The first-order valence-electron chi connectivity index (χ1n) is 7.10. The summed E-state index contributed by atoms with van der Waals surface area (Å²) in [5.74, 6) is 0.251. The van der Waals surface area contributed by atoms with Crippen molar-refractivity contribution in [1.29, 1.82) is 0 Å². The molecule has 2 atom stereocenters. The molecule has 0 heterocycles. The lowest BCUT2D eigenvalue weighted by Crippen LogP contribution is -2.33. The van der Waals surface area contributed by atoms with Crippen LogP contribution in [-0.2, 0) is 0 Å². The minimum absolute atomic E-state index is 0.197. The zero-order valence-corrected chi connectivity index (χ0v) is 13.1. The summed E-state index contributed by atoms with van der Waals surface area (Å²) in [6, 6.07) is 3.91. The number of aliphatic hydroxyl groups is 1. The number of aliphatic hydroxyl groups excluding tert-OH is 1. The van der Waals surface area contributed by atoms with Crippen LogP contribution in [0.4, 0.5) is 10.5 Å². The second-order valence-corrected chi connectivity index (χ2v) is 5.80. The molecule has 0 aliphatic heterocycles. The summed E-state index contributed by atoms with van der Waals surface area (Å²) < 4.78 is 0. The zero-order chi connectivity index (χ0) is 15.3. The van der Waals surface area contributed by atoms with Crippen LogP contribution in [0.2, 0.25) is 0 Å². The molecule has 1 rings (SSSR count). The molecule has 0 saturated heterocycles. The van der Waals surface area contributed by atoms with Gasteiger partial charge in [-0.1, -0.05) is 24.6 Å². The molecule has 3 N–H and O–H groups in total. The molecule has 0 spiro atoms. The molecule has 4 heteroatoms. The van der Waals surface area contributed by atoms with Crippen molar-refractivity contribution < 1.29 is 9.90 Å². The van der Waals surface area contributed by atoms with E-state index in [2.05, 4.69) is 22.8 Å². The van der Waals surface area contributed by atoms with Crippen LogP contribution < -0.4 is 10.6 Å². The summed E-state index contributed by atoms with van der Waals surface area (Å²) in [4.78, 5) is 11.9. The van der Waals surface area contributed by atoms with Crippen molar-refractivity contribution in [2.75, 3.05) is 11.9 Å². The fourth-order valence-corrected chi connectivity index (χ4v) is 2.47. The monoisotopic (exact) mass is 278 g/mol. The normalized spacial score (nSPS) is 13.7. The van der Waals surface area contributed by atoms with Gasteiger partial charge in [-0.05, 0) is 51.2 Å². The van der Waals surface area contributed by atoms with Gasteiger partial charge in [0, 0.05) is 12.2 Å². The third-order valence-electron chi connectivity index (χ3n) is 3.27. The van der Waals surface area contributed by atoms with Gasteiger partial charge in [0.25, 0.3) is 0 Å². The van der Waals surface area contributed by atoms with Crippen molar-refractivity contribution >= 4 is 11.7 Å². The highest BCUT2D eigenvalue weighted by atomic mass is 16.3. The Kier molecular flexibility index (Phi) is 6.02. The summed E-state index contributed by atoms with van der Waals surface area (Å²) in [5.41, 5.74) is 4.19. The number of nitrogens with one attached hydrogen (secondary N) is 2. The quantitative estimate of drug-likeness (QED) is 0.775. The molecule has 0 saturated carbocycles. The fraction of sp³-hybridized carbons (Fsp3) is 0.562. The SMILES string of the molecule is Cc1cc(C)c(NC(=O)NCC(C)CC(C)O)c(C)c1. The van der Waals surface area contributed by atoms with Crippen molar-refractivity contribution in [3.63, 3.8) is 0 Å². The maximum absolute atomic E-state index is 11.9. The summed E-state index contributed by atoms with van der Waals surface area (Å²) in [5, 5.41) is 15.0. The number of hydrogen-bond acceptors (Lipinski definition) is 2. The Bertz CT molecular complexity index is 447. The van der Waals surface area contributed by atoms with Gasteiger partial charge in [-0.2, -0.15) is 0 Å². The molecule has 2 amide bonds. The van der Waals surface area contributed by atoms with Gasteiger partial charge in [0.2, 0.25) is 0 Å². The van der Waals surface area contributed by atoms with E-state index in [0.29, 0.717) is 13.0 Å². The van der Waals surface area contributed by atoms with Gasteiger partial charge in [0.05, 0.1) is 6.10 Å². The number of amides is 2. The zero-order valence-electron chi connectivity index (χ0n) is 13.1. The van der Waals surface area contributed by atoms with E-state index in [-0.39, 0.29) is 18.1 Å². The number of hydrogen-bond donors (Lipinski definition) is 3. The Labute approximate surface area is 121 Å². The molecule has 0 radical (unpaired) electrons. The Morgan fingerprint density at radius 3 is 2.25 bits per heavy atom. The molecule has 1 aromatic rings. The Morgan fingerprint density at radius 1 is 1.20 bits per heavy atom. The third kappa shape index (κ3) is 5.21. The van der Waals surface area contributed by atoms with Gasteiger partial charge >= 0.3 is 6.03 Å². The van der Waals surface area contributed by atoms with Crippen molar-refractivity contribution in [2.45, 2.75) is 47.1 Å². The lowest BCUT2D eigenvalue weighted by Gasteiger charge is -2.16. The van der Waals surface area contributed by atoms with Gasteiger partial charge in [-0.25, -0.2) is 4.79 Å². The number of aryl methyl sites for hydroxylation is 3. The molecule has 2 unspecified atom stereocenters. The van der Waals surface area contributed by atoms with E-state index >= 15 is 0 Å². The molecule has 0 aromatic heterocycles. The minimum Gasteiger partial charge on any atom is -0.393 e.